The van der Waals surface area contributed by atoms with Crippen molar-refractivity contribution in [3.63, 3.8) is 0 Å². The van der Waals surface area contributed by atoms with Crippen LogP contribution in [0.3, 0.4) is 0 Å². The van der Waals surface area contributed by atoms with E-state index in [4.69, 9.17) is 5.73 Å². The van der Waals surface area contributed by atoms with Crippen molar-refractivity contribution in [3.8, 4) is 0 Å². The zero-order chi connectivity index (χ0) is 9.40. The van der Waals surface area contributed by atoms with Gasteiger partial charge in [-0.15, -0.1) is 0 Å². The first-order valence-corrected chi connectivity index (χ1v) is 4.33. The molecule has 0 radical (unpaired) electrons. The van der Waals surface area contributed by atoms with E-state index in [2.05, 4.69) is 0 Å². The predicted molar refractivity (Wildman–Crippen MR) is 46.4 cm³/mol. The van der Waals surface area contributed by atoms with Crippen LogP contribution in [-0.2, 0) is 0 Å². The van der Waals surface area contributed by atoms with E-state index < -0.39 is 6.43 Å². The fraction of sp³-hybridized carbons (Fsp3) is 1.00. The second kappa shape index (κ2) is 7.43. The molecule has 0 fully saturated rings. The molecule has 0 atom stereocenters. The number of rotatable bonds is 7. The molecule has 0 aliphatic rings. The molecule has 2 nitrogen and oxygen atoms in total. The van der Waals surface area contributed by atoms with E-state index in [1.165, 1.54) is 0 Å². The fourth-order valence-corrected chi connectivity index (χ4v) is 1.03. The number of halogens is 2. The molecule has 0 bridgehead atoms. The highest BCUT2D eigenvalue weighted by atomic mass is 19.3. The minimum Gasteiger partial charge on any atom is -0.330 e. The zero-order valence-electron chi connectivity index (χ0n) is 7.60. The summed E-state index contributed by atoms with van der Waals surface area (Å²) in [6.45, 7) is 1.31. The van der Waals surface area contributed by atoms with Crippen LogP contribution in [0.2, 0.25) is 0 Å². The lowest BCUT2D eigenvalue weighted by Crippen LogP contribution is -2.25. The Balaban J connectivity index is 3.14. The first kappa shape index (κ1) is 11.8. The molecular weight excluding hydrogens is 162 g/mol. The van der Waals surface area contributed by atoms with Gasteiger partial charge in [0, 0.05) is 0 Å². The molecule has 0 saturated carbocycles. The summed E-state index contributed by atoms with van der Waals surface area (Å²) in [4.78, 5) is 1.65. The number of nitrogens with two attached hydrogens (primary N) is 1. The third-order valence-corrected chi connectivity index (χ3v) is 1.69. The van der Waals surface area contributed by atoms with Gasteiger partial charge < -0.3 is 10.6 Å². The van der Waals surface area contributed by atoms with Crippen molar-refractivity contribution in [3.05, 3.63) is 0 Å². The Morgan fingerprint density at radius 2 is 1.92 bits per heavy atom. The van der Waals surface area contributed by atoms with Crippen molar-refractivity contribution < 1.29 is 8.78 Å². The molecule has 0 spiro atoms. The van der Waals surface area contributed by atoms with Gasteiger partial charge in [0.05, 0.1) is 6.54 Å². The number of nitrogens with zero attached hydrogens (tertiary/aromatic N) is 1. The zero-order valence-corrected chi connectivity index (χ0v) is 7.60. The molecule has 74 valence electrons. The lowest BCUT2D eigenvalue weighted by atomic mass is 10.2. The first-order chi connectivity index (χ1) is 5.66. The molecule has 2 N–H and O–H groups in total. The van der Waals surface area contributed by atoms with Crippen molar-refractivity contribution >= 4 is 0 Å². The SMILES string of the molecule is CN(CCCCCN)CC(F)F. The van der Waals surface area contributed by atoms with E-state index in [-0.39, 0.29) is 6.54 Å². The molecule has 0 aromatic carbocycles. The van der Waals surface area contributed by atoms with Gasteiger partial charge in [-0.3, -0.25) is 0 Å². The van der Waals surface area contributed by atoms with Gasteiger partial charge in [0.2, 0.25) is 0 Å². The molecule has 4 heteroatoms. The van der Waals surface area contributed by atoms with Gasteiger partial charge in [0.15, 0.2) is 0 Å². The lowest BCUT2D eigenvalue weighted by Gasteiger charge is -2.15. The largest absolute Gasteiger partial charge is 0.330 e. The average Bonchev–Trinajstić information content (AvgIpc) is 1.97. The van der Waals surface area contributed by atoms with Crippen LogP contribution in [0.1, 0.15) is 19.3 Å². The molecule has 0 aromatic rings. The summed E-state index contributed by atoms with van der Waals surface area (Å²) in [5.74, 6) is 0. The summed E-state index contributed by atoms with van der Waals surface area (Å²) < 4.78 is 23.6. The van der Waals surface area contributed by atoms with Crippen LogP contribution in [0.15, 0.2) is 0 Å². The summed E-state index contributed by atoms with van der Waals surface area (Å²) in [7, 11) is 1.72. The maximum absolute atomic E-state index is 11.8. The van der Waals surface area contributed by atoms with E-state index in [9.17, 15) is 8.78 Å². The Kier molecular flexibility index (Phi) is 7.29. The Bertz CT molecular complexity index is 99.1. The van der Waals surface area contributed by atoms with Gasteiger partial charge >= 0.3 is 0 Å². The number of unbranched alkanes of at least 4 members (excludes halogenated alkanes) is 2. The van der Waals surface area contributed by atoms with E-state index in [1.54, 1.807) is 11.9 Å². The van der Waals surface area contributed by atoms with Crippen LogP contribution >= 0.6 is 0 Å². The highest BCUT2D eigenvalue weighted by Crippen LogP contribution is 1.99. The molecule has 0 unspecified atom stereocenters. The lowest BCUT2D eigenvalue weighted by molar-refractivity contribution is 0.0996. The Labute approximate surface area is 72.7 Å². The van der Waals surface area contributed by atoms with Gasteiger partial charge in [-0.25, -0.2) is 8.78 Å². The topological polar surface area (TPSA) is 29.3 Å². The van der Waals surface area contributed by atoms with Crippen LogP contribution < -0.4 is 5.73 Å². The Morgan fingerprint density at radius 3 is 2.42 bits per heavy atom. The molecule has 0 aliphatic carbocycles. The molecule has 0 saturated heterocycles. The van der Waals surface area contributed by atoms with E-state index in [0.717, 1.165) is 25.8 Å². The second-order valence-electron chi connectivity index (χ2n) is 3.00. The molecule has 0 aromatic heterocycles. The van der Waals surface area contributed by atoms with E-state index >= 15 is 0 Å². The highest BCUT2D eigenvalue weighted by Gasteiger charge is 2.06. The van der Waals surface area contributed by atoms with Crippen LogP contribution in [0.25, 0.3) is 0 Å². The van der Waals surface area contributed by atoms with Gasteiger partial charge in [-0.2, -0.15) is 0 Å². The van der Waals surface area contributed by atoms with Gasteiger partial charge in [0.1, 0.15) is 0 Å². The molecular formula is C8H18F2N2. The third kappa shape index (κ3) is 7.88. The average molecular weight is 180 g/mol. The van der Waals surface area contributed by atoms with Crippen molar-refractivity contribution in [1.29, 1.82) is 0 Å². The van der Waals surface area contributed by atoms with Crippen molar-refractivity contribution in [2.75, 3.05) is 26.7 Å². The van der Waals surface area contributed by atoms with Crippen molar-refractivity contribution in [1.82, 2.24) is 4.90 Å². The van der Waals surface area contributed by atoms with Crippen molar-refractivity contribution in [2.45, 2.75) is 25.7 Å². The smallest absolute Gasteiger partial charge is 0.251 e. The number of hydrogen-bond donors (Lipinski definition) is 1. The first-order valence-electron chi connectivity index (χ1n) is 4.33. The maximum Gasteiger partial charge on any atom is 0.251 e. The van der Waals surface area contributed by atoms with Gasteiger partial charge in [-0.05, 0) is 33.0 Å². The number of hydrogen-bond acceptors (Lipinski definition) is 2. The Hall–Kier alpha value is -0.220. The summed E-state index contributed by atoms with van der Waals surface area (Å²) in [6.07, 6.45) is 0.761. The number of alkyl halides is 2. The predicted octanol–water partition coefficient (Wildman–Crippen LogP) is 1.31. The van der Waals surface area contributed by atoms with Gasteiger partial charge in [0.25, 0.3) is 6.43 Å². The summed E-state index contributed by atoms with van der Waals surface area (Å²) >= 11 is 0. The van der Waals surface area contributed by atoms with Crippen LogP contribution in [0, 0.1) is 0 Å². The summed E-state index contributed by atoms with van der Waals surface area (Å²) in [5, 5.41) is 0. The van der Waals surface area contributed by atoms with E-state index in [0.29, 0.717) is 6.54 Å². The quantitative estimate of drug-likeness (QED) is 0.598. The van der Waals surface area contributed by atoms with Crippen LogP contribution in [0.4, 0.5) is 8.78 Å². The maximum atomic E-state index is 11.8. The normalized spacial score (nSPS) is 11.5. The van der Waals surface area contributed by atoms with Crippen LogP contribution in [0.5, 0.6) is 0 Å². The molecule has 0 rings (SSSR count). The monoisotopic (exact) mass is 180 g/mol. The molecule has 0 heterocycles. The molecule has 0 aliphatic heterocycles. The summed E-state index contributed by atoms with van der Waals surface area (Å²) in [5.41, 5.74) is 5.29. The fourth-order valence-electron chi connectivity index (χ4n) is 1.03. The minimum atomic E-state index is -2.22. The highest BCUT2D eigenvalue weighted by molar-refractivity contribution is 4.53. The van der Waals surface area contributed by atoms with Crippen molar-refractivity contribution in [2.24, 2.45) is 5.73 Å². The minimum absolute atomic E-state index is 0.122. The molecule has 0 amide bonds. The van der Waals surface area contributed by atoms with Gasteiger partial charge in [-0.1, -0.05) is 6.42 Å². The standard InChI is InChI=1S/C8H18F2N2/c1-12(7-8(9)10)6-4-2-3-5-11/h8H,2-7,11H2,1H3. The van der Waals surface area contributed by atoms with Crippen LogP contribution in [-0.4, -0.2) is 38.0 Å². The second-order valence-corrected chi connectivity index (χ2v) is 3.00. The molecule has 12 heavy (non-hydrogen) atoms. The third-order valence-electron chi connectivity index (χ3n) is 1.69. The van der Waals surface area contributed by atoms with E-state index in [1.807, 2.05) is 0 Å². The summed E-state index contributed by atoms with van der Waals surface area (Å²) in [6, 6.07) is 0. The Morgan fingerprint density at radius 1 is 1.25 bits per heavy atom.